The third-order valence-electron chi connectivity index (χ3n) is 3.24. The third kappa shape index (κ3) is 3.24. The lowest BCUT2D eigenvalue weighted by Crippen LogP contribution is -2.50. The second-order valence-electron chi connectivity index (χ2n) is 4.98. The van der Waals surface area contributed by atoms with Gasteiger partial charge in [-0.05, 0) is 25.0 Å². The van der Waals surface area contributed by atoms with Crippen molar-refractivity contribution in [1.29, 1.82) is 10.5 Å². The first kappa shape index (κ1) is 15.5. The van der Waals surface area contributed by atoms with Crippen LogP contribution >= 0.6 is 0 Å². The number of hydrogen-bond acceptors (Lipinski definition) is 4. The quantitative estimate of drug-likeness (QED) is 0.875. The highest BCUT2D eigenvalue weighted by Crippen LogP contribution is 2.14. The van der Waals surface area contributed by atoms with Crippen LogP contribution in [0.25, 0.3) is 0 Å². The summed E-state index contributed by atoms with van der Waals surface area (Å²) in [5.74, 6) is -0.515. The Morgan fingerprint density at radius 1 is 1.50 bits per heavy atom. The van der Waals surface area contributed by atoms with E-state index in [4.69, 9.17) is 10.5 Å². The molecule has 1 rings (SSSR count). The molecular formula is C14H16N4O2. The van der Waals surface area contributed by atoms with E-state index in [1.54, 1.807) is 13.0 Å². The van der Waals surface area contributed by atoms with Crippen LogP contribution in [-0.2, 0) is 11.3 Å². The second-order valence-corrected chi connectivity index (χ2v) is 4.98. The van der Waals surface area contributed by atoms with Gasteiger partial charge in [0.05, 0.1) is 6.07 Å². The topological polar surface area (TPSA) is 98.7 Å². The van der Waals surface area contributed by atoms with Crippen LogP contribution in [0.3, 0.4) is 0 Å². The molecule has 0 saturated carbocycles. The Morgan fingerprint density at radius 3 is 2.65 bits per heavy atom. The molecule has 0 spiro atoms. The zero-order valence-corrected chi connectivity index (χ0v) is 11.7. The Kier molecular flexibility index (Phi) is 4.66. The number of amides is 1. The summed E-state index contributed by atoms with van der Waals surface area (Å²) in [5, 5.41) is 20.5. The van der Waals surface area contributed by atoms with Gasteiger partial charge in [0.2, 0.25) is 5.91 Å². The van der Waals surface area contributed by atoms with E-state index >= 15 is 0 Å². The average Bonchev–Trinajstić information content (AvgIpc) is 2.40. The van der Waals surface area contributed by atoms with Crippen molar-refractivity contribution in [1.82, 2.24) is 9.88 Å². The molecule has 20 heavy (non-hydrogen) atoms. The van der Waals surface area contributed by atoms with Gasteiger partial charge in [-0.2, -0.15) is 10.5 Å². The van der Waals surface area contributed by atoms with Crippen LogP contribution < -0.4 is 10.9 Å². The van der Waals surface area contributed by atoms with E-state index in [1.165, 1.54) is 18.3 Å². The van der Waals surface area contributed by atoms with Gasteiger partial charge in [-0.3, -0.25) is 9.59 Å². The van der Waals surface area contributed by atoms with Crippen LogP contribution in [0.2, 0.25) is 0 Å². The lowest BCUT2D eigenvalue weighted by molar-refractivity contribution is -0.123. The average molecular weight is 272 g/mol. The maximum atomic E-state index is 11.9. The van der Waals surface area contributed by atoms with Gasteiger partial charge in [0, 0.05) is 6.20 Å². The van der Waals surface area contributed by atoms with Gasteiger partial charge in [0.15, 0.2) is 0 Å². The number of carbonyl (C=O) groups excluding carboxylic acids is 1. The van der Waals surface area contributed by atoms with Crippen LogP contribution in [0.4, 0.5) is 0 Å². The molecule has 1 aromatic rings. The fourth-order valence-electron chi connectivity index (χ4n) is 1.53. The third-order valence-corrected chi connectivity index (χ3v) is 3.24. The van der Waals surface area contributed by atoms with E-state index in [9.17, 15) is 9.59 Å². The van der Waals surface area contributed by atoms with Crippen LogP contribution in [0, 0.1) is 28.6 Å². The molecule has 104 valence electrons. The minimum absolute atomic E-state index is 0.0211. The smallest absolute Gasteiger partial charge is 0.268 e. The lowest BCUT2D eigenvalue weighted by Gasteiger charge is -2.27. The highest BCUT2D eigenvalue weighted by atomic mass is 16.2. The molecule has 0 aliphatic carbocycles. The number of aromatic nitrogens is 1. The Bertz CT molecular complexity index is 648. The standard InChI is InChI=1S/C14H16N4O2/c1-10(2)14(3,9-16)17-12(19)8-18-6-4-5-11(7-15)13(18)20/h4-6,10H,8H2,1-3H3,(H,17,19)/t14-/m1/s1. The summed E-state index contributed by atoms with van der Waals surface area (Å²) in [7, 11) is 0. The van der Waals surface area contributed by atoms with Gasteiger partial charge >= 0.3 is 0 Å². The zero-order valence-electron chi connectivity index (χ0n) is 11.7. The molecule has 1 amide bonds. The van der Waals surface area contributed by atoms with Crippen LogP contribution in [0.1, 0.15) is 26.3 Å². The molecule has 1 atom stereocenters. The van der Waals surface area contributed by atoms with Crippen molar-refractivity contribution in [2.45, 2.75) is 32.9 Å². The number of rotatable bonds is 4. The van der Waals surface area contributed by atoms with E-state index in [-0.39, 0.29) is 18.0 Å². The number of nitrogens with zero attached hydrogens (tertiary/aromatic N) is 3. The van der Waals surface area contributed by atoms with Crippen molar-refractivity contribution >= 4 is 5.91 Å². The Labute approximate surface area is 117 Å². The molecule has 0 aliphatic heterocycles. The minimum atomic E-state index is -0.993. The predicted molar refractivity (Wildman–Crippen MR) is 72.4 cm³/mol. The first-order valence-corrected chi connectivity index (χ1v) is 6.16. The summed E-state index contributed by atoms with van der Waals surface area (Å²) in [4.78, 5) is 23.7. The largest absolute Gasteiger partial charge is 0.336 e. The molecule has 0 bridgehead atoms. The van der Waals surface area contributed by atoms with Gasteiger partial charge in [-0.25, -0.2) is 0 Å². The Hall–Kier alpha value is -2.60. The highest BCUT2D eigenvalue weighted by Gasteiger charge is 2.29. The maximum absolute atomic E-state index is 11.9. The highest BCUT2D eigenvalue weighted by molar-refractivity contribution is 5.77. The maximum Gasteiger partial charge on any atom is 0.268 e. The number of pyridine rings is 1. The summed E-state index contributed by atoms with van der Waals surface area (Å²) < 4.78 is 1.14. The van der Waals surface area contributed by atoms with E-state index < -0.39 is 17.0 Å². The Morgan fingerprint density at radius 2 is 2.15 bits per heavy atom. The summed E-state index contributed by atoms with van der Waals surface area (Å²) in [6.45, 7) is 5.06. The van der Waals surface area contributed by atoms with E-state index in [0.29, 0.717) is 0 Å². The van der Waals surface area contributed by atoms with E-state index in [1.807, 2.05) is 13.8 Å². The molecule has 1 heterocycles. The second kappa shape index (κ2) is 6.03. The van der Waals surface area contributed by atoms with Gasteiger partial charge in [-0.15, -0.1) is 0 Å². The summed E-state index contributed by atoms with van der Waals surface area (Å²) in [5.41, 5.74) is -1.53. The molecule has 1 N–H and O–H groups in total. The molecule has 1 aromatic heterocycles. The van der Waals surface area contributed by atoms with Gasteiger partial charge in [-0.1, -0.05) is 13.8 Å². The summed E-state index contributed by atoms with van der Waals surface area (Å²) in [6.07, 6.45) is 1.43. The molecule has 6 nitrogen and oxygen atoms in total. The first-order valence-electron chi connectivity index (χ1n) is 6.16. The van der Waals surface area contributed by atoms with Crippen LogP contribution in [0.5, 0.6) is 0 Å². The predicted octanol–water partition coefficient (Wildman–Crippen LogP) is 0.774. The van der Waals surface area contributed by atoms with E-state index in [0.717, 1.165) is 4.57 Å². The summed E-state index contributed by atoms with van der Waals surface area (Å²) in [6, 6.07) is 6.75. The van der Waals surface area contributed by atoms with Crippen molar-refractivity contribution in [3.05, 3.63) is 34.2 Å². The van der Waals surface area contributed by atoms with Crippen molar-refractivity contribution in [3.63, 3.8) is 0 Å². The first-order chi connectivity index (χ1) is 9.34. The molecular weight excluding hydrogens is 256 g/mol. The number of nitriles is 2. The monoisotopic (exact) mass is 272 g/mol. The summed E-state index contributed by atoms with van der Waals surface area (Å²) >= 11 is 0. The van der Waals surface area contributed by atoms with Crippen LogP contribution in [0.15, 0.2) is 23.1 Å². The fourth-order valence-corrected chi connectivity index (χ4v) is 1.53. The number of carbonyl (C=O) groups is 1. The normalized spacial score (nSPS) is 13.1. The van der Waals surface area contributed by atoms with Gasteiger partial charge in [0.25, 0.3) is 5.56 Å². The Balaban J connectivity index is 2.92. The van der Waals surface area contributed by atoms with Gasteiger partial charge < -0.3 is 9.88 Å². The van der Waals surface area contributed by atoms with E-state index in [2.05, 4.69) is 11.4 Å². The van der Waals surface area contributed by atoms with Crippen molar-refractivity contribution in [2.75, 3.05) is 0 Å². The molecule has 0 saturated heterocycles. The molecule has 0 unspecified atom stereocenters. The fraction of sp³-hybridized carbons (Fsp3) is 0.429. The van der Waals surface area contributed by atoms with Gasteiger partial charge in [0.1, 0.15) is 23.7 Å². The number of hydrogen-bond donors (Lipinski definition) is 1. The van der Waals surface area contributed by atoms with Crippen molar-refractivity contribution in [3.8, 4) is 12.1 Å². The lowest BCUT2D eigenvalue weighted by atomic mass is 9.90. The SMILES string of the molecule is CC(C)[C@@](C)(C#N)NC(=O)Cn1cccc(C#N)c1=O. The molecule has 0 fully saturated rings. The molecule has 6 heteroatoms. The molecule has 0 aliphatic rings. The van der Waals surface area contributed by atoms with Crippen molar-refractivity contribution in [2.24, 2.45) is 5.92 Å². The zero-order chi connectivity index (χ0) is 15.3. The van der Waals surface area contributed by atoms with Crippen molar-refractivity contribution < 1.29 is 4.79 Å². The molecule has 0 aromatic carbocycles. The molecule has 0 radical (unpaired) electrons. The minimum Gasteiger partial charge on any atom is -0.336 e. The number of nitrogens with one attached hydrogen (secondary N) is 1. The van der Waals surface area contributed by atoms with Crippen LogP contribution in [-0.4, -0.2) is 16.0 Å².